The molecule has 1 rings (SSSR count). The van der Waals surface area contributed by atoms with Gasteiger partial charge in [-0.2, -0.15) is 10.4 Å². The highest BCUT2D eigenvalue weighted by molar-refractivity contribution is 5.39. The molecule has 0 aliphatic heterocycles. The number of aryl methyl sites for hydroxylation is 1. The Morgan fingerprint density at radius 2 is 2.60 bits per heavy atom. The van der Waals surface area contributed by atoms with Crippen molar-refractivity contribution in [1.29, 1.82) is 5.26 Å². The number of anilines is 1. The molecule has 4 nitrogen and oxygen atoms in total. The highest BCUT2D eigenvalue weighted by atomic mass is 15.3. The first kappa shape index (κ1) is 6.62. The minimum atomic E-state index is 0.333. The van der Waals surface area contributed by atoms with Crippen LogP contribution in [0, 0.1) is 11.3 Å². The van der Waals surface area contributed by atoms with Crippen LogP contribution in [0.1, 0.15) is 5.56 Å². The van der Waals surface area contributed by atoms with Crippen LogP contribution in [-0.2, 0) is 13.5 Å². The van der Waals surface area contributed by atoms with Crippen LogP contribution >= 0.6 is 0 Å². The molecule has 0 saturated heterocycles. The van der Waals surface area contributed by atoms with Crippen LogP contribution in [0.15, 0.2) is 6.20 Å². The lowest BCUT2D eigenvalue weighted by molar-refractivity contribution is 0.779. The largest absolute Gasteiger partial charge is 0.384 e. The molecule has 1 aromatic heterocycles. The summed E-state index contributed by atoms with van der Waals surface area (Å²) in [5.41, 5.74) is 6.33. The van der Waals surface area contributed by atoms with Crippen LogP contribution in [0.5, 0.6) is 0 Å². The second-order valence-electron chi connectivity index (χ2n) is 2.01. The quantitative estimate of drug-likeness (QED) is 0.594. The zero-order valence-electron chi connectivity index (χ0n) is 5.70. The van der Waals surface area contributed by atoms with Gasteiger partial charge in [-0.1, -0.05) is 0 Å². The Morgan fingerprint density at radius 3 is 3.00 bits per heavy atom. The van der Waals surface area contributed by atoms with Crippen LogP contribution in [0.3, 0.4) is 0 Å². The van der Waals surface area contributed by atoms with Crippen molar-refractivity contribution in [2.24, 2.45) is 7.05 Å². The molecule has 0 amide bonds. The number of rotatable bonds is 1. The van der Waals surface area contributed by atoms with E-state index in [4.69, 9.17) is 11.0 Å². The van der Waals surface area contributed by atoms with E-state index < -0.39 is 0 Å². The molecule has 1 aromatic rings. The lowest BCUT2D eigenvalue weighted by Crippen LogP contribution is -1.99. The van der Waals surface area contributed by atoms with Gasteiger partial charge in [0.25, 0.3) is 0 Å². The van der Waals surface area contributed by atoms with Crippen LogP contribution in [-0.4, -0.2) is 9.78 Å². The second kappa shape index (κ2) is 2.40. The normalized spacial score (nSPS) is 9.20. The Hall–Kier alpha value is -1.50. The molecular weight excluding hydrogens is 128 g/mol. The molecule has 0 aliphatic carbocycles. The van der Waals surface area contributed by atoms with Crippen molar-refractivity contribution in [2.75, 3.05) is 5.73 Å². The molecule has 2 N–H and O–H groups in total. The molecule has 1 heterocycles. The van der Waals surface area contributed by atoms with Crippen molar-refractivity contribution >= 4 is 5.82 Å². The van der Waals surface area contributed by atoms with Gasteiger partial charge < -0.3 is 5.73 Å². The number of hydrogen-bond donors (Lipinski definition) is 1. The number of hydrogen-bond acceptors (Lipinski definition) is 3. The van der Waals surface area contributed by atoms with Crippen molar-refractivity contribution in [3.8, 4) is 6.07 Å². The summed E-state index contributed by atoms with van der Waals surface area (Å²) in [5, 5.41) is 12.2. The molecule has 0 atom stereocenters. The first-order valence-corrected chi connectivity index (χ1v) is 2.89. The smallest absolute Gasteiger partial charge is 0.125 e. The fraction of sp³-hybridized carbons (Fsp3) is 0.333. The van der Waals surface area contributed by atoms with E-state index in [0.29, 0.717) is 12.2 Å². The summed E-state index contributed by atoms with van der Waals surface area (Å²) in [6.07, 6.45) is 1.94. The lowest BCUT2D eigenvalue weighted by Gasteiger charge is -1.93. The number of nitrogen functional groups attached to an aromatic ring is 1. The molecule has 0 unspecified atom stereocenters. The summed E-state index contributed by atoms with van der Waals surface area (Å²) in [4.78, 5) is 0. The van der Waals surface area contributed by atoms with Gasteiger partial charge in [-0.15, -0.1) is 0 Å². The maximum atomic E-state index is 8.31. The molecule has 0 saturated carbocycles. The van der Waals surface area contributed by atoms with Crippen LogP contribution in [0.2, 0.25) is 0 Å². The number of nitrogens with zero attached hydrogens (tertiary/aromatic N) is 3. The summed E-state index contributed by atoms with van der Waals surface area (Å²) in [7, 11) is 1.75. The molecule has 0 bridgehead atoms. The topological polar surface area (TPSA) is 67.6 Å². The molecule has 4 heteroatoms. The molecule has 10 heavy (non-hydrogen) atoms. The summed E-state index contributed by atoms with van der Waals surface area (Å²) < 4.78 is 1.55. The van der Waals surface area contributed by atoms with E-state index >= 15 is 0 Å². The van der Waals surface area contributed by atoms with Gasteiger partial charge in [0, 0.05) is 12.6 Å². The highest BCUT2D eigenvalue weighted by Crippen LogP contribution is 2.08. The molecule has 52 valence electrons. The van der Waals surface area contributed by atoms with Crippen LogP contribution < -0.4 is 5.73 Å². The van der Waals surface area contributed by atoms with Crippen molar-refractivity contribution in [1.82, 2.24) is 9.78 Å². The number of aromatic nitrogens is 2. The van der Waals surface area contributed by atoms with E-state index in [-0.39, 0.29) is 0 Å². The summed E-state index contributed by atoms with van der Waals surface area (Å²) in [6, 6.07) is 2.00. The van der Waals surface area contributed by atoms with E-state index in [2.05, 4.69) is 5.10 Å². The Morgan fingerprint density at radius 1 is 1.90 bits per heavy atom. The monoisotopic (exact) mass is 136 g/mol. The molecule has 0 aromatic carbocycles. The Kier molecular flexibility index (Phi) is 1.59. The van der Waals surface area contributed by atoms with Crippen molar-refractivity contribution < 1.29 is 0 Å². The van der Waals surface area contributed by atoms with Gasteiger partial charge in [0.05, 0.1) is 18.7 Å². The third kappa shape index (κ3) is 0.935. The molecule has 0 spiro atoms. The SMILES string of the molecule is Cn1ncc(CC#N)c1N. The minimum Gasteiger partial charge on any atom is -0.384 e. The van der Waals surface area contributed by atoms with Crippen molar-refractivity contribution in [2.45, 2.75) is 6.42 Å². The van der Waals surface area contributed by atoms with Crippen molar-refractivity contribution in [3.05, 3.63) is 11.8 Å². The molecule has 0 radical (unpaired) electrons. The van der Waals surface area contributed by atoms with Gasteiger partial charge in [0.15, 0.2) is 0 Å². The van der Waals surface area contributed by atoms with Gasteiger partial charge >= 0.3 is 0 Å². The summed E-state index contributed by atoms with van der Waals surface area (Å²) in [6.45, 7) is 0. The summed E-state index contributed by atoms with van der Waals surface area (Å²) in [5.74, 6) is 0.571. The highest BCUT2D eigenvalue weighted by Gasteiger charge is 2.01. The number of nitrogens with two attached hydrogens (primary N) is 1. The fourth-order valence-electron chi connectivity index (χ4n) is 0.714. The van der Waals surface area contributed by atoms with Crippen LogP contribution in [0.4, 0.5) is 5.82 Å². The Bertz CT molecular complexity index is 268. The standard InChI is InChI=1S/C6H8N4/c1-10-6(8)5(2-3-7)4-9-10/h4H,2,8H2,1H3. The lowest BCUT2D eigenvalue weighted by atomic mass is 10.2. The third-order valence-electron chi connectivity index (χ3n) is 1.33. The first-order valence-electron chi connectivity index (χ1n) is 2.89. The van der Waals surface area contributed by atoms with E-state index in [9.17, 15) is 0 Å². The second-order valence-corrected chi connectivity index (χ2v) is 2.01. The Balaban J connectivity index is 2.96. The zero-order valence-corrected chi connectivity index (χ0v) is 5.70. The maximum Gasteiger partial charge on any atom is 0.125 e. The van der Waals surface area contributed by atoms with E-state index in [1.807, 2.05) is 6.07 Å². The van der Waals surface area contributed by atoms with E-state index in [1.165, 1.54) is 0 Å². The molecule has 0 aliphatic rings. The average Bonchev–Trinajstić information content (AvgIpc) is 2.20. The van der Waals surface area contributed by atoms with E-state index in [1.54, 1.807) is 17.9 Å². The predicted molar refractivity (Wildman–Crippen MR) is 36.9 cm³/mol. The number of nitriles is 1. The van der Waals surface area contributed by atoms with Gasteiger partial charge in [0.2, 0.25) is 0 Å². The minimum absolute atomic E-state index is 0.333. The van der Waals surface area contributed by atoms with Crippen molar-refractivity contribution in [3.63, 3.8) is 0 Å². The predicted octanol–water partition coefficient (Wildman–Crippen LogP) is 0.0684. The first-order chi connectivity index (χ1) is 4.75. The van der Waals surface area contributed by atoms with Gasteiger partial charge in [-0.05, 0) is 0 Å². The molecule has 0 fully saturated rings. The van der Waals surface area contributed by atoms with Gasteiger partial charge in [-0.25, -0.2) is 0 Å². The maximum absolute atomic E-state index is 8.31. The van der Waals surface area contributed by atoms with E-state index in [0.717, 1.165) is 5.56 Å². The Labute approximate surface area is 58.9 Å². The third-order valence-corrected chi connectivity index (χ3v) is 1.33. The fourth-order valence-corrected chi connectivity index (χ4v) is 0.714. The zero-order chi connectivity index (χ0) is 7.56. The summed E-state index contributed by atoms with van der Waals surface area (Å²) >= 11 is 0. The van der Waals surface area contributed by atoms with Gasteiger partial charge in [-0.3, -0.25) is 4.68 Å². The van der Waals surface area contributed by atoms with Crippen LogP contribution in [0.25, 0.3) is 0 Å². The van der Waals surface area contributed by atoms with Gasteiger partial charge in [0.1, 0.15) is 5.82 Å². The average molecular weight is 136 g/mol. The molecular formula is C6H8N4.